The first-order chi connectivity index (χ1) is 17.1. The van der Waals surface area contributed by atoms with E-state index in [-0.39, 0.29) is 17.7 Å². The van der Waals surface area contributed by atoms with Gasteiger partial charge in [-0.25, -0.2) is 0 Å². The molecule has 5 nitrogen and oxygen atoms in total. The summed E-state index contributed by atoms with van der Waals surface area (Å²) in [6.07, 6.45) is 1.74. The Bertz CT molecular complexity index is 1510. The highest BCUT2D eigenvalue weighted by molar-refractivity contribution is 8.18. The minimum atomic E-state index is -0.380. The second-order valence-electron chi connectivity index (χ2n) is 8.01. The van der Waals surface area contributed by atoms with Gasteiger partial charge >= 0.3 is 0 Å². The molecule has 0 aliphatic carbocycles. The van der Waals surface area contributed by atoms with E-state index in [2.05, 4.69) is 6.07 Å². The topological polar surface area (TPSA) is 70.4 Å². The number of fused-ring (bicyclic) bond motifs is 1. The van der Waals surface area contributed by atoms with Crippen molar-refractivity contribution < 1.29 is 14.3 Å². The predicted molar refractivity (Wildman–Crippen MR) is 137 cm³/mol. The molecule has 0 atom stereocenters. The first-order valence-electron chi connectivity index (χ1n) is 11.1. The molecule has 1 saturated heterocycles. The smallest absolute Gasteiger partial charge is 0.293 e. The Hall–Kier alpha value is -4.34. The molecular weight excluding hydrogens is 456 g/mol. The van der Waals surface area contributed by atoms with Gasteiger partial charge in [0.05, 0.1) is 23.1 Å². The number of nitrogens with zero attached hydrogens (tertiary/aromatic N) is 2. The van der Waals surface area contributed by atoms with Crippen molar-refractivity contribution >= 4 is 39.8 Å². The number of hydrogen-bond acceptors (Lipinski definition) is 5. The molecule has 0 bridgehead atoms. The van der Waals surface area contributed by atoms with Gasteiger partial charge in [-0.15, -0.1) is 0 Å². The molecule has 1 fully saturated rings. The first kappa shape index (κ1) is 22.5. The molecule has 1 aliphatic heterocycles. The lowest BCUT2D eigenvalue weighted by Crippen LogP contribution is -2.27. The summed E-state index contributed by atoms with van der Waals surface area (Å²) in [7, 11) is 0. The standard InChI is InChI=1S/C29H20N2O3S/c30-17-22-11-4-5-12-23(22)18-31-28(32)27(35-29(31)33)16-25-24-13-7-6-10-21(24)14-15-26(25)34-19-20-8-2-1-3-9-20/h1-16H,18-19H2/b27-16+. The number of rotatable bonds is 6. The highest BCUT2D eigenvalue weighted by atomic mass is 32.2. The van der Waals surface area contributed by atoms with Crippen LogP contribution in [0.3, 0.4) is 0 Å². The van der Waals surface area contributed by atoms with Crippen LogP contribution in [0.1, 0.15) is 22.3 Å². The number of amides is 2. The van der Waals surface area contributed by atoms with E-state index < -0.39 is 0 Å². The number of hydrogen-bond donors (Lipinski definition) is 0. The van der Waals surface area contributed by atoms with Crippen LogP contribution < -0.4 is 4.74 Å². The van der Waals surface area contributed by atoms with Crippen molar-refractivity contribution in [3.63, 3.8) is 0 Å². The van der Waals surface area contributed by atoms with Crippen LogP contribution in [-0.2, 0) is 17.9 Å². The van der Waals surface area contributed by atoms with Crippen molar-refractivity contribution in [3.05, 3.63) is 118 Å². The van der Waals surface area contributed by atoms with Crippen LogP contribution in [0.5, 0.6) is 5.75 Å². The van der Waals surface area contributed by atoms with Crippen molar-refractivity contribution in [2.45, 2.75) is 13.2 Å². The number of ether oxygens (including phenoxy) is 1. The summed E-state index contributed by atoms with van der Waals surface area (Å²) < 4.78 is 6.16. The number of imide groups is 1. The molecule has 2 amide bonds. The molecule has 1 aliphatic rings. The predicted octanol–water partition coefficient (Wildman–Crippen LogP) is 6.53. The lowest BCUT2D eigenvalue weighted by Gasteiger charge is -2.14. The average molecular weight is 477 g/mol. The Morgan fingerprint density at radius 1 is 0.886 bits per heavy atom. The third-order valence-electron chi connectivity index (χ3n) is 5.78. The molecule has 0 saturated carbocycles. The van der Waals surface area contributed by atoms with Gasteiger partial charge in [0, 0.05) is 5.56 Å². The Balaban J connectivity index is 1.49. The highest BCUT2D eigenvalue weighted by Gasteiger charge is 2.35. The van der Waals surface area contributed by atoms with Crippen LogP contribution in [0.2, 0.25) is 0 Å². The van der Waals surface area contributed by atoms with Crippen molar-refractivity contribution in [2.75, 3.05) is 0 Å². The van der Waals surface area contributed by atoms with E-state index in [1.54, 1.807) is 30.3 Å². The first-order valence-corrected chi connectivity index (χ1v) is 11.9. The third kappa shape index (κ3) is 4.68. The summed E-state index contributed by atoms with van der Waals surface area (Å²) in [5, 5.41) is 10.9. The summed E-state index contributed by atoms with van der Waals surface area (Å²) in [5.74, 6) is 0.254. The third-order valence-corrected chi connectivity index (χ3v) is 6.69. The summed E-state index contributed by atoms with van der Waals surface area (Å²) in [6.45, 7) is 0.436. The van der Waals surface area contributed by atoms with Gasteiger partial charge in [-0.05, 0) is 51.9 Å². The maximum atomic E-state index is 13.2. The molecule has 5 rings (SSSR count). The molecular formula is C29H20N2O3S. The summed E-state index contributed by atoms with van der Waals surface area (Å²) >= 11 is 0.901. The van der Waals surface area contributed by atoms with E-state index in [9.17, 15) is 14.9 Å². The van der Waals surface area contributed by atoms with Gasteiger partial charge in [0.25, 0.3) is 11.1 Å². The zero-order chi connectivity index (χ0) is 24.2. The van der Waals surface area contributed by atoms with E-state index in [0.717, 1.165) is 33.7 Å². The molecule has 0 unspecified atom stereocenters. The van der Waals surface area contributed by atoms with Crippen molar-refractivity contribution in [3.8, 4) is 11.8 Å². The fraction of sp³-hybridized carbons (Fsp3) is 0.0690. The Kier molecular flexibility index (Phi) is 6.34. The molecule has 1 heterocycles. The number of benzene rings is 4. The van der Waals surface area contributed by atoms with E-state index >= 15 is 0 Å². The van der Waals surface area contributed by atoms with Crippen LogP contribution in [0.15, 0.2) is 95.9 Å². The van der Waals surface area contributed by atoms with Gasteiger partial charge in [-0.1, -0.05) is 78.9 Å². The number of carbonyl (C=O) groups is 2. The molecule has 6 heteroatoms. The van der Waals surface area contributed by atoms with Crippen molar-refractivity contribution in [2.24, 2.45) is 0 Å². The van der Waals surface area contributed by atoms with Crippen molar-refractivity contribution in [1.29, 1.82) is 5.26 Å². The van der Waals surface area contributed by atoms with Gasteiger partial charge in [0.2, 0.25) is 0 Å². The maximum Gasteiger partial charge on any atom is 0.293 e. The van der Waals surface area contributed by atoms with E-state index in [0.29, 0.717) is 28.4 Å². The van der Waals surface area contributed by atoms with Crippen LogP contribution in [0, 0.1) is 11.3 Å². The number of thioether (sulfide) groups is 1. The van der Waals surface area contributed by atoms with Gasteiger partial charge < -0.3 is 4.74 Å². The molecule has 0 spiro atoms. The Morgan fingerprint density at radius 2 is 1.63 bits per heavy atom. The minimum absolute atomic E-state index is 0.0542. The SMILES string of the molecule is N#Cc1ccccc1CN1C(=O)S/C(=C/c2c(OCc3ccccc3)ccc3ccccc23)C1=O. The Labute approximate surface area is 207 Å². The zero-order valence-electron chi connectivity index (χ0n) is 18.7. The molecule has 170 valence electrons. The minimum Gasteiger partial charge on any atom is -0.488 e. The number of carbonyl (C=O) groups excluding carboxylic acids is 2. The van der Waals surface area contributed by atoms with E-state index in [1.165, 1.54) is 4.90 Å². The van der Waals surface area contributed by atoms with E-state index in [4.69, 9.17) is 4.74 Å². The maximum absolute atomic E-state index is 13.2. The van der Waals surface area contributed by atoms with Crippen LogP contribution in [-0.4, -0.2) is 16.0 Å². The highest BCUT2D eigenvalue weighted by Crippen LogP contribution is 2.37. The van der Waals surface area contributed by atoms with Gasteiger partial charge in [-0.2, -0.15) is 5.26 Å². The molecule has 0 N–H and O–H groups in total. The molecule has 0 radical (unpaired) electrons. The van der Waals surface area contributed by atoms with Crippen LogP contribution >= 0.6 is 11.8 Å². The van der Waals surface area contributed by atoms with Crippen LogP contribution in [0.25, 0.3) is 16.8 Å². The summed E-state index contributed by atoms with van der Waals surface area (Å²) in [6, 6.07) is 30.7. The molecule has 4 aromatic rings. The van der Waals surface area contributed by atoms with Gasteiger partial charge in [-0.3, -0.25) is 14.5 Å². The molecule has 0 aromatic heterocycles. The quantitative estimate of drug-likeness (QED) is 0.296. The zero-order valence-corrected chi connectivity index (χ0v) is 19.5. The second-order valence-corrected chi connectivity index (χ2v) is 9.00. The van der Waals surface area contributed by atoms with Gasteiger partial charge in [0.1, 0.15) is 12.4 Å². The fourth-order valence-corrected chi connectivity index (χ4v) is 4.81. The lowest BCUT2D eigenvalue weighted by molar-refractivity contribution is -0.123. The summed E-state index contributed by atoms with van der Waals surface area (Å²) in [5.41, 5.74) is 2.86. The normalized spacial score (nSPS) is 14.5. The second kappa shape index (κ2) is 9.88. The molecule has 4 aromatic carbocycles. The number of nitriles is 1. The molecule has 35 heavy (non-hydrogen) atoms. The monoisotopic (exact) mass is 476 g/mol. The van der Waals surface area contributed by atoms with Crippen molar-refractivity contribution in [1.82, 2.24) is 4.90 Å². The average Bonchev–Trinajstić information content (AvgIpc) is 3.16. The Morgan fingerprint density at radius 3 is 2.46 bits per heavy atom. The fourth-order valence-electron chi connectivity index (χ4n) is 3.99. The van der Waals surface area contributed by atoms with E-state index in [1.807, 2.05) is 66.7 Å². The van der Waals surface area contributed by atoms with Crippen LogP contribution in [0.4, 0.5) is 4.79 Å². The van der Waals surface area contributed by atoms with Gasteiger partial charge in [0.15, 0.2) is 0 Å². The lowest BCUT2D eigenvalue weighted by atomic mass is 10.0. The largest absolute Gasteiger partial charge is 0.488 e. The summed E-state index contributed by atoms with van der Waals surface area (Å²) in [4.78, 5) is 27.5.